The van der Waals surface area contributed by atoms with Gasteiger partial charge in [-0.2, -0.15) is 5.10 Å². The molecule has 2 aromatic rings. The van der Waals surface area contributed by atoms with Gasteiger partial charge in [0.15, 0.2) is 11.3 Å². The van der Waals surface area contributed by atoms with Crippen molar-refractivity contribution in [3.8, 4) is 0 Å². The minimum absolute atomic E-state index is 0.183. The molecule has 0 aliphatic carbocycles. The molecule has 0 unspecified atom stereocenters. The summed E-state index contributed by atoms with van der Waals surface area (Å²) in [6.45, 7) is 5.85. The first-order valence-corrected chi connectivity index (χ1v) is 4.98. The van der Waals surface area contributed by atoms with Crippen LogP contribution in [-0.2, 0) is 5.41 Å². The van der Waals surface area contributed by atoms with Crippen molar-refractivity contribution in [1.82, 2.24) is 14.6 Å². The third-order valence-corrected chi connectivity index (χ3v) is 2.43. The topological polar surface area (TPSA) is 67.5 Å². The maximum atomic E-state index is 11.3. The molecule has 2 rings (SSSR count). The van der Waals surface area contributed by atoms with E-state index >= 15 is 0 Å². The second-order valence-corrected chi connectivity index (χ2v) is 4.68. The Morgan fingerprint density at radius 2 is 2.12 bits per heavy atom. The van der Waals surface area contributed by atoms with E-state index in [9.17, 15) is 9.90 Å². The lowest BCUT2D eigenvalue weighted by Gasteiger charge is -2.20. The summed E-state index contributed by atoms with van der Waals surface area (Å²) in [7, 11) is 0. The first kappa shape index (κ1) is 10.6. The smallest absolute Gasteiger partial charge is 0.355 e. The number of rotatable bonds is 1. The van der Waals surface area contributed by atoms with Crippen LogP contribution in [0, 0.1) is 0 Å². The Kier molecular flexibility index (Phi) is 2.18. The van der Waals surface area contributed by atoms with Gasteiger partial charge in [-0.1, -0.05) is 20.8 Å². The second-order valence-electron chi connectivity index (χ2n) is 4.68. The molecule has 0 aromatic carbocycles. The number of carboxylic acids is 1. The summed E-state index contributed by atoms with van der Waals surface area (Å²) in [4.78, 5) is 15.5. The van der Waals surface area contributed by atoms with Gasteiger partial charge >= 0.3 is 5.97 Å². The molecule has 0 fully saturated rings. The third kappa shape index (κ3) is 1.54. The Balaban J connectivity index is 2.84. The molecule has 0 amide bonds. The number of nitrogens with zero attached hydrogens (tertiary/aromatic N) is 3. The van der Waals surface area contributed by atoms with Gasteiger partial charge in [0, 0.05) is 17.8 Å². The maximum absolute atomic E-state index is 11.3. The van der Waals surface area contributed by atoms with Crippen molar-refractivity contribution in [3.05, 3.63) is 29.7 Å². The number of hydrogen-bond donors (Lipinski definition) is 1. The maximum Gasteiger partial charge on any atom is 0.355 e. The van der Waals surface area contributed by atoms with Crippen LogP contribution in [0.2, 0.25) is 0 Å². The summed E-state index contributed by atoms with van der Waals surface area (Å²) in [6.07, 6.45) is 3.15. The van der Waals surface area contributed by atoms with Gasteiger partial charge in [0.25, 0.3) is 0 Å². The number of carboxylic acid groups (broad SMARTS) is 1. The Hall–Kier alpha value is -1.91. The number of aromatic nitrogens is 3. The van der Waals surface area contributed by atoms with Crippen molar-refractivity contribution in [2.24, 2.45) is 0 Å². The predicted octanol–water partition coefficient (Wildman–Crippen LogP) is 1.72. The fourth-order valence-electron chi connectivity index (χ4n) is 1.63. The molecule has 0 saturated heterocycles. The Morgan fingerprint density at radius 1 is 1.44 bits per heavy atom. The molecule has 0 radical (unpaired) electrons. The molecular weight excluding hydrogens is 206 g/mol. The molecule has 2 aromatic heterocycles. The first-order valence-electron chi connectivity index (χ1n) is 4.98. The van der Waals surface area contributed by atoms with E-state index in [1.807, 2.05) is 20.8 Å². The van der Waals surface area contributed by atoms with Gasteiger partial charge in [-0.05, 0) is 5.41 Å². The quantitative estimate of drug-likeness (QED) is 0.793. The number of carbonyl (C=O) groups is 1. The zero-order valence-electron chi connectivity index (χ0n) is 9.43. The average molecular weight is 219 g/mol. The number of hydrogen-bond acceptors (Lipinski definition) is 3. The van der Waals surface area contributed by atoms with Crippen LogP contribution in [0.1, 0.15) is 36.8 Å². The fourth-order valence-corrected chi connectivity index (χ4v) is 1.63. The Morgan fingerprint density at radius 3 is 2.69 bits per heavy atom. The van der Waals surface area contributed by atoms with Crippen LogP contribution in [0.3, 0.4) is 0 Å². The van der Waals surface area contributed by atoms with E-state index in [-0.39, 0.29) is 11.1 Å². The summed E-state index contributed by atoms with van der Waals surface area (Å²) in [5.41, 5.74) is 1.13. The predicted molar refractivity (Wildman–Crippen MR) is 58.6 cm³/mol. The highest BCUT2D eigenvalue weighted by molar-refractivity contribution is 5.88. The van der Waals surface area contributed by atoms with E-state index in [2.05, 4.69) is 10.1 Å². The lowest BCUT2D eigenvalue weighted by Crippen LogP contribution is -2.21. The highest BCUT2D eigenvalue weighted by Crippen LogP contribution is 2.25. The van der Waals surface area contributed by atoms with Gasteiger partial charge in [0.05, 0.1) is 6.20 Å². The second kappa shape index (κ2) is 3.30. The summed E-state index contributed by atoms with van der Waals surface area (Å²) < 4.78 is 1.36. The summed E-state index contributed by atoms with van der Waals surface area (Å²) in [5, 5.41) is 13.2. The highest BCUT2D eigenvalue weighted by Gasteiger charge is 2.25. The number of fused-ring (bicyclic) bond motifs is 1. The van der Waals surface area contributed by atoms with Crippen molar-refractivity contribution in [2.75, 3.05) is 0 Å². The third-order valence-electron chi connectivity index (χ3n) is 2.43. The molecule has 1 N–H and O–H groups in total. The van der Waals surface area contributed by atoms with Crippen molar-refractivity contribution in [2.45, 2.75) is 26.2 Å². The molecule has 0 aliphatic rings. The van der Waals surface area contributed by atoms with Crippen LogP contribution in [-0.4, -0.2) is 25.7 Å². The molecule has 0 saturated carbocycles. The lowest BCUT2D eigenvalue weighted by molar-refractivity contribution is 0.0684. The first-order chi connectivity index (χ1) is 7.41. The minimum Gasteiger partial charge on any atom is -0.476 e. The van der Waals surface area contributed by atoms with Crippen molar-refractivity contribution in [1.29, 1.82) is 0 Å². The SMILES string of the molecule is CC(C)(C)c1cnc2ccnn2c1C(=O)O. The van der Waals surface area contributed by atoms with Gasteiger partial charge < -0.3 is 5.11 Å². The molecular formula is C11H13N3O2. The van der Waals surface area contributed by atoms with Crippen LogP contribution in [0.25, 0.3) is 5.65 Å². The van der Waals surface area contributed by atoms with Gasteiger partial charge in [-0.25, -0.2) is 14.3 Å². The fraction of sp³-hybridized carbons (Fsp3) is 0.364. The molecule has 0 spiro atoms. The van der Waals surface area contributed by atoms with Gasteiger partial charge in [-0.15, -0.1) is 0 Å². The monoisotopic (exact) mass is 219 g/mol. The summed E-state index contributed by atoms with van der Waals surface area (Å²) in [5.74, 6) is -0.985. The minimum atomic E-state index is -0.985. The average Bonchev–Trinajstić information content (AvgIpc) is 2.61. The lowest BCUT2D eigenvalue weighted by atomic mass is 9.87. The van der Waals surface area contributed by atoms with Crippen LogP contribution >= 0.6 is 0 Å². The standard InChI is InChI=1S/C11H13N3O2/c1-11(2,3)7-6-12-8-4-5-13-14(8)9(7)10(15)16/h4-6H,1-3H3,(H,15,16). The summed E-state index contributed by atoms with van der Waals surface area (Å²) in [6, 6.07) is 1.68. The van der Waals surface area contributed by atoms with Crippen molar-refractivity contribution < 1.29 is 9.90 Å². The Labute approximate surface area is 92.7 Å². The Bertz CT molecular complexity index is 552. The molecule has 5 heteroatoms. The zero-order chi connectivity index (χ0) is 11.9. The highest BCUT2D eigenvalue weighted by atomic mass is 16.4. The summed E-state index contributed by atoms with van der Waals surface area (Å²) >= 11 is 0. The van der Waals surface area contributed by atoms with Gasteiger partial charge in [0.1, 0.15) is 0 Å². The normalized spacial score (nSPS) is 11.9. The van der Waals surface area contributed by atoms with Crippen molar-refractivity contribution in [3.63, 3.8) is 0 Å². The zero-order valence-corrected chi connectivity index (χ0v) is 9.43. The molecule has 2 heterocycles. The largest absolute Gasteiger partial charge is 0.476 e. The molecule has 5 nitrogen and oxygen atoms in total. The van der Waals surface area contributed by atoms with E-state index in [4.69, 9.17) is 0 Å². The van der Waals surface area contributed by atoms with Crippen LogP contribution < -0.4 is 0 Å². The van der Waals surface area contributed by atoms with Gasteiger partial charge in [0.2, 0.25) is 0 Å². The molecule has 0 atom stereocenters. The van der Waals surface area contributed by atoms with Gasteiger partial charge in [-0.3, -0.25) is 0 Å². The van der Waals surface area contributed by atoms with E-state index in [1.54, 1.807) is 18.5 Å². The molecule has 84 valence electrons. The van der Waals surface area contributed by atoms with Crippen LogP contribution in [0.5, 0.6) is 0 Å². The van der Waals surface area contributed by atoms with E-state index in [1.165, 1.54) is 4.52 Å². The van der Waals surface area contributed by atoms with E-state index in [0.29, 0.717) is 11.2 Å². The van der Waals surface area contributed by atoms with Crippen LogP contribution in [0.4, 0.5) is 0 Å². The van der Waals surface area contributed by atoms with E-state index in [0.717, 1.165) is 0 Å². The number of aromatic carboxylic acids is 1. The molecule has 0 aliphatic heterocycles. The van der Waals surface area contributed by atoms with E-state index < -0.39 is 5.97 Å². The molecule has 0 bridgehead atoms. The van der Waals surface area contributed by atoms with Crippen LogP contribution in [0.15, 0.2) is 18.5 Å². The molecule has 16 heavy (non-hydrogen) atoms. The van der Waals surface area contributed by atoms with Crippen molar-refractivity contribution >= 4 is 11.6 Å².